The molecule has 110 valence electrons. The highest BCUT2D eigenvalue weighted by Crippen LogP contribution is 2.16. The first-order valence-corrected chi connectivity index (χ1v) is 5.15. The second-order valence-corrected chi connectivity index (χ2v) is 3.80. The lowest BCUT2D eigenvalue weighted by Crippen LogP contribution is -2.48. The number of rotatable bonds is 4. The highest BCUT2D eigenvalue weighted by Gasteiger charge is 2.40. The number of carboxylic acids is 1. The third kappa shape index (κ3) is 4.18. The molecule has 0 heterocycles. The smallest absolute Gasteiger partial charge is 0.471 e. The Balaban J connectivity index is 2.88. The molecule has 20 heavy (non-hydrogen) atoms. The molecule has 0 aliphatic rings. The molecule has 1 aromatic rings. The van der Waals surface area contributed by atoms with E-state index in [1.807, 2.05) is 0 Å². The van der Waals surface area contributed by atoms with Crippen molar-refractivity contribution >= 4 is 11.9 Å². The van der Waals surface area contributed by atoms with Crippen LogP contribution in [0.25, 0.3) is 0 Å². The van der Waals surface area contributed by atoms with E-state index in [2.05, 4.69) is 0 Å². The summed E-state index contributed by atoms with van der Waals surface area (Å²) in [6.45, 7) is 0. The van der Waals surface area contributed by atoms with Crippen molar-refractivity contribution in [1.29, 1.82) is 0 Å². The zero-order valence-electron chi connectivity index (χ0n) is 9.67. The fourth-order valence-electron chi connectivity index (χ4n) is 1.35. The average molecular weight is 297 g/mol. The van der Waals surface area contributed by atoms with Crippen LogP contribution in [0, 0.1) is 11.6 Å². The number of carbonyl (C=O) groups is 2. The van der Waals surface area contributed by atoms with Crippen molar-refractivity contribution in [2.24, 2.45) is 0 Å². The summed E-state index contributed by atoms with van der Waals surface area (Å²) in [5, 5.41) is 9.94. The first kappa shape index (κ1) is 15.9. The Morgan fingerprint density at radius 3 is 2.30 bits per heavy atom. The van der Waals surface area contributed by atoms with Crippen LogP contribution in [-0.2, 0) is 16.0 Å². The van der Waals surface area contributed by atoms with Crippen molar-refractivity contribution in [3.63, 3.8) is 0 Å². The molecule has 2 N–H and O–H groups in total. The van der Waals surface area contributed by atoms with E-state index < -0.39 is 42.1 Å². The van der Waals surface area contributed by atoms with Gasteiger partial charge < -0.3 is 10.4 Å². The van der Waals surface area contributed by atoms with Crippen LogP contribution in [0.4, 0.5) is 22.0 Å². The summed E-state index contributed by atoms with van der Waals surface area (Å²) in [5.41, 5.74) is -0.332. The van der Waals surface area contributed by atoms with E-state index in [1.165, 1.54) is 5.32 Å². The zero-order chi connectivity index (χ0) is 15.5. The summed E-state index contributed by atoms with van der Waals surface area (Å²) < 4.78 is 62.0. The Hall–Kier alpha value is -2.19. The standard InChI is InChI=1S/C11H8F5NO3/c12-6-2-1-5(7(13)4-6)3-8(9(18)19)17-10(20)11(14,15)16/h1-2,4,8H,3H2,(H,17,20)(H,18,19)/t8-/m0/s1. The largest absolute Gasteiger partial charge is 0.480 e. The predicted molar refractivity (Wildman–Crippen MR) is 55.7 cm³/mol. The van der Waals surface area contributed by atoms with Crippen LogP contribution in [0.3, 0.4) is 0 Å². The van der Waals surface area contributed by atoms with E-state index in [0.717, 1.165) is 12.1 Å². The van der Waals surface area contributed by atoms with Gasteiger partial charge in [-0.3, -0.25) is 4.79 Å². The van der Waals surface area contributed by atoms with Crippen molar-refractivity contribution in [3.05, 3.63) is 35.4 Å². The van der Waals surface area contributed by atoms with E-state index in [-0.39, 0.29) is 5.56 Å². The number of hydrogen-bond donors (Lipinski definition) is 2. The number of aliphatic carboxylic acids is 1. The lowest BCUT2D eigenvalue weighted by Gasteiger charge is -2.16. The third-order valence-electron chi connectivity index (χ3n) is 2.30. The molecule has 0 unspecified atom stereocenters. The van der Waals surface area contributed by atoms with Gasteiger partial charge in [-0.15, -0.1) is 0 Å². The fourth-order valence-corrected chi connectivity index (χ4v) is 1.35. The van der Waals surface area contributed by atoms with Crippen LogP contribution in [-0.4, -0.2) is 29.2 Å². The molecule has 1 rings (SSSR count). The van der Waals surface area contributed by atoms with Gasteiger partial charge in [0.05, 0.1) is 0 Å². The molecule has 4 nitrogen and oxygen atoms in total. The van der Waals surface area contributed by atoms with E-state index in [9.17, 15) is 31.5 Å². The van der Waals surface area contributed by atoms with Gasteiger partial charge in [-0.05, 0) is 11.6 Å². The van der Waals surface area contributed by atoms with Crippen molar-refractivity contribution in [3.8, 4) is 0 Å². The summed E-state index contributed by atoms with van der Waals surface area (Å²) >= 11 is 0. The van der Waals surface area contributed by atoms with Gasteiger partial charge in [-0.2, -0.15) is 13.2 Å². The molecule has 0 aliphatic heterocycles. The quantitative estimate of drug-likeness (QED) is 0.830. The molecule has 0 bridgehead atoms. The summed E-state index contributed by atoms with van der Waals surface area (Å²) in [6.07, 6.45) is -6.00. The first-order chi connectivity index (χ1) is 9.11. The molecule has 9 heteroatoms. The monoisotopic (exact) mass is 297 g/mol. The third-order valence-corrected chi connectivity index (χ3v) is 2.30. The van der Waals surface area contributed by atoms with Gasteiger partial charge in [0.2, 0.25) is 0 Å². The highest BCUT2D eigenvalue weighted by atomic mass is 19.4. The fraction of sp³-hybridized carbons (Fsp3) is 0.273. The van der Waals surface area contributed by atoms with Crippen LogP contribution in [0.1, 0.15) is 5.56 Å². The highest BCUT2D eigenvalue weighted by molar-refractivity contribution is 5.87. The maximum Gasteiger partial charge on any atom is 0.471 e. The minimum atomic E-state index is -5.25. The van der Waals surface area contributed by atoms with Gasteiger partial charge in [0.1, 0.15) is 17.7 Å². The van der Waals surface area contributed by atoms with Gasteiger partial charge in [0, 0.05) is 12.5 Å². The summed E-state index contributed by atoms with van der Waals surface area (Å²) in [6, 6.07) is 0.187. The number of benzene rings is 1. The number of alkyl halides is 3. The number of nitrogens with one attached hydrogen (secondary N) is 1. The molecule has 1 amide bonds. The number of amides is 1. The van der Waals surface area contributed by atoms with Gasteiger partial charge >= 0.3 is 18.1 Å². The lowest BCUT2D eigenvalue weighted by atomic mass is 10.1. The molecule has 0 saturated heterocycles. The maximum atomic E-state index is 13.3. The number of halogens is 5. The van der Waals surface area contributed by atoms with Crippen LogP contribution in [0.2, 0.25) is 0 Å². The summed E-state index contributed by atoms with van der Waals surface area (Å²) in [4.78, 5) is 21.4. The lowest BCUT2D eigenvalue weighted by molar-refractivity contribution is -0.175. The Morgan fingerprint density at radius 2 is 1.85 bits per heavy atom. The predicted octanol–water partition coefficient (Wildman–Crippen LogP) is 1.64. The number of carbonyl (C=O) groups excluding carboxylic acids is 1. The molecule has 0 aromatic heterocycles. The second-order valence-electron chi connectivity index (χ2n) is 3.80. The van der Waals surface area contributed by atoms with Crippen molar-refractivity contribution in [1.82, 2.24) is 5.32 Å². The van der Waals surface area contributed by atoms with Crippen molar-refractivity contribution < 1.29 is 36.6 Å². The topological polar surface area (TPSA) is 66.4 Å². The van der Waals surface area contributed by atoms with Crippen LogP contribution in [0.15, 0.2) is 18.2 Å². The molecule has 1 atom stereocenters. The summed E-state index contributed by atoms with van der Waals surface area (Å²) in [7, 11) is 0. The molecule has 1 aromatic carbocycles. The molecule has 0 fully saturated rings. The Kier molecular flexibility index (Phi) is 4.64. The summed E-state index contributed by atoms with van der Waals surface area (Å²) in [5.74, 6) is -6.26. The van der Waals surface area contributed by atoms with Crippen LogP contribution >= 0.6 is 0 Å². The molecule has 0 radical (unpaired) electrons. The number of carboxylic acid groups (broad SMARTS) is 1. The van der Waals surface area contributed by atoms with E-state index in [0.29, 0.717) is 6.07 Å². The van der Waals surface area contributed by atoms with Gasteiger partial charge in [0.15, 0.2) is 0 Å². The van der Waals surface area contributed by atoms with Gasteiger partial charge in [-0.25, -0.2) is 13.6 Å². The molecule has 0 aliphatic carbocycles. The van der Waals surface area contributed by atoms with Crippen molar-refractivity contribution in [2.45, 2.75) is 18.6 Å². The van der Waals surface area contributed by atoms with Crippen LogP contribution < -0.4 is 5.32 Å². The van der Waals surface area contributed by atoms with E-state index in [4.69, 9.17) is 5.11 Å². The van der Waals surface area contributed by atoms with Gasteiger partial charge in [0.25, 0.3) is 0 Å². The van der Waals surface area contributed by atoms with Crippen molar-refractivity contribution in [2.75, 3.05) is 0 Å². The number of hydrogen-bond acceptors (Lipinski definition) is 2. The van der Waals surface area contributed by atoms with E-state index in [1.54, 1.807) is 0 Å². The average Bonchev–Trinajstić information content (AvgIpc) is 2.29. The normalized spacial score (nSPS) is 12.8. The molecular weight excluding hydrogens is 289 g/mol. The van der Waals surface area contributed by atoms with Crippen LogP contribution in [0.5, 0.6) is 0 Å². The molecule has 0 spiro atoms. The maximum absolute atomic E-state index is 13.3. The first-order valence-electron chi connectivity index (χ1n) is 5.15. The minimum absolute atomic E-state index is 0.332. The van der Waals surface area contributed by atoms with Gasteiger partial charge in [-0.1, -0.05) is 6.07 Å². The SMILES string of the molecule is O=C(O)[C@H](Cc1ccc(F)cc1F)NC(=O)C(F)(F)F. The Bertz CT molecular complexity index is 529. The molecular formula is C11H8F5NO3. The van der Waals surface area contributed by atoms with E-state index >= 15 is 0 Å². The molecule has 0 saturated carbocycles. The Morgan fingerprint density at radius 1 is 1.25 bits per heavy atom. The minimum Gasteiger partial charge on any atom is -0.480 e. The zero-order valence-corrected chi connectivity index (χ0v) is 9.67. The second kappa shape index (κ2) is 5.85. The Labute approximate surface area is 109 Å².